The maximum Gasteiger partial charge on any atom is 0.101 e. The van der Waals surface area contributed by atoms with Gasteiger partial charge in [-0.25, -0.2) is 0 Å². The number of hydrogen-bond acceptors (Lipinski definition) is 2. The van der Waals surface area contributed by atoms with Crippen molar-refractivity contribution in [1.82, 2.24) is 0 Å². The van der Waals surface area contributed by atoms with Crippen molar-refractivity contribution in [1.29, 1.82) is 0 Å². The van der Waals surface area contributed by atoms with Crippen molar-refractivity contribution in [3.63, 3.8) is 0 Å². The fraction of sp³-hybridized carbons (Fsp3) is 0.125. The van der Waals surface area contributed by atoms with Crippen molar-refractivity contribution in [3.8, 4) is 0 Å². The molecule has 0 saturated heterocycles. The summed E-state index contributed by atoms with van der Waals surface area (Å²) in [5, 5.41) is 11.5. The van der Waals surface area contributed by atoms with Crippen LogP contribution in [0.25, 0.3) is 0 Å². The van der Waals surface area contributed by atoms with Crippen molar-refractivity contribution in [2.75, 3.05) is 5.88 Å². The van der Waals surface area contributed by atoms with Gasteiger partial charge in [0.25, 0.3) is 0 Å². The zero-order valence-corrected chi connectivity index (χ0v) is 7.12. The minimum atomic E-state index is 0. The predicted octanol–water partition coefficient (Wildman–Crippen LogP) is 1.28. The molecule has 0 spiro atoms. The van der Waals surface area contributed by atoms with E-state index in [-0.39, 0.29) is 11.4 Å². The number of benzene rings is 1. The molecule has 3 nitrogen and oxygen atoms in total. The summed E-state index contributed by atoms with van der Waals surface area (Å²) in [5.74, 6) is 0.223. The Morgan fingerprint density at radius 1 is 1.33 bits per heavy atom. The Bertz CT molecular complexity index is 248. The molecular formula is C8H10ClNO2. The molecule has 0 radical (unpaired) electrons. The lowest BCUT2D eigenvalue weighted by Crippen LogP contribution is -2.01. The van der Waals surface area contributed by atoms with Crippen LogP contribution in [0.4, 0.5) is 0 Å². The van der Waals surface area contributed by atoms with Crippen LogP contribution in [0.2, 0.25) is 0 Å². The van der Waals surface area contributed by atoms with Crippen LogP contribution in [-0.2, 0) is 0 Å². The third kappa shape index (κ3) is 2.53. The van der Waals surface area contributed by atoms with Crippen molar-refractivity contribution in [3.05, 3.63) is 35.9 Å². The summed E-state index contributed by atoms with van der Waals surface area (Å²) in [6.45, 7) is 0. The van der Waals surface area contributed by atoms with Crippen molar-refractivity contribution in [2.24, 2.45) is 5.16 Å². The number of alkyl halides is 1. The van der Waals surface area contributed by atoms with Gasteiger partial charge in [-0.15, -0.1) is 11.6 Å². The highest BCUT2D eigenvalue weighted by molar-refractivity contribution is 6.31. The van der Waals surface area contributed by atoms with Gasteiger partial charge in [0.15, 0.2) is 0 Å². The number of hydrogen-bond donors (Lipinski definition) is 1. The molecule has 66 valence electrons. The number of oxime groups is 1. The van der Waals surface area contributed by atoms with Gasteiger partial charge in [0, 0.05) is 5.56 Å². The Kier molecular flexibility index (Phi) is 5.08. The average Bonchev–Trinajstić information content (AvgIpc) is 2.09. The highest BCUT2D eigenvalue weighted by Crippen LogP contribution is 2.01. The van der Waals surface area contributed by atoms with E-state index in [1.807, 2.05) is 30.3 Å². The lowest BCUT2D eigenvalue weighted by molar-refractivity contribution is 0.319. The van der Waals surface area contributed by atoms with Crippen molar-refractivity contribution in [2.45, 2.75) is 0 Å². The summed E-state index contributed by atoms with van der Waals surface area (Å²) in [7, 11) is 0. The second-order valence-corrected chi connectivity index (χ2v) is 2.31. The highest BCUT2D eigenvalue weighted by atomic mass is 35.5. The van der Waals surface area contributed by atoms with Crippen molar-refractivity contribution < 1.29 is 10.7 Å². The van der Waals surface area contributed by atoms with E-state index in [9.17, 15) is 0 Å². The van der Waals surface area contributed by atoms with E-state index in [1.165, 1.54) is 0 Å². The highest BCUT2D eigenvalue weighted by Gasteiger charge is 1.99. The number of nitrogens with zero attached hydrogens (tertiary/aromatic N) is 1. The number of halogens is 1. The summed E-state index contributed by atoms with van der Waals surface area (Å²) < 4.78 is 0. The van der Waals surface area contributed by atoms with Gasteiger partial charge in [0.1, 0.15) is 5.71 Å². The van der Waals surface area contributed by atoms with Crippen LogP contribution in [0.5, 0.6) is 0 Å². The van der Waals surface area contributed by atoms with Gasteiger partial charge in [-0.3, -0.25) is 0 Å². The van der Waals surface area contributed by atoms with Crippen LogP contribution < -0.4 is 0 Å². The Labute approximate surface area is 75.6 Å². The third-order valence-electron chi connectivity index (χ3n) is 1.35. The SMILES string of the molecule is O.ON=C(CCl)c1ccccc1. The van der Waals surface area contributed by atoms with Crippen LogP contribution >= 0.6 is 11.6 Å². The Morgan fingerprint density at radius 2 is 1.92 bits per heavy atom. The summed E-state index contributed by atoms with van der Waals surface area (Å²) in [6.07, 6.45) is 0. The molecule has 0 aliphatic rings. The molecule has 0 saturated carbocycles. The van der Waals surface area contributed by atoms with Crippen LogP contribution in [0, 0.1) is 0 Å². The molecule has 1 aromatic carbocycles. The van der Waals surface area contributed by atoms with Gasteiger partial charge in [0.05, 0.1) is 5.88 Å². The molecule has 0 unspecified atom stereocenters. The standard InChI is InChI=1S/C8H8ClNO.H2O/c9-6-8(10-11)7-4-2-1-3-5-7;/h1-5,11H,6H2;1H2. The van der Waals surface area contributed by atoms with Gasteiger partial charge in [-0.1, -0.05) is 35.5 Å². The van der Waals surface area contributed by atoms with Crippen LogP contribution in [0.15, 0.2) is 35.5 Å². The first-order valence-electron chi connectivity index (χ1n) is 3.21. The Balaban J connectivity index is 0.00000121. The summed E-state index contributed by atoms with van der Waals surface area (Å²) >= 11 is 5.51. The molecule has 0 atom stereocenters. The van der Waals surface area contributed by atoms with E-state index in [1.54, 1.807) is 0 Å². The second kappa shape index (κ2) is 5.57. The van der Waals surface area contributed by atoms with Crippen LogP contribution in [0.1, 0.15) is 5.56 Å². The normalized spacial score (nSPS) is 10.6. The molecular weight excluding hydrogens is 178 g/mol. The van der Waals surface area contributed by atoms with E-state index in [0.29, 0.717) is 5.71 Å². The molecule has 0 aliphatic heterocycles. The van der Waals surface area contributed by atoms with Gasteiger partial charge in [-0.05, 0) is 0 Å². The van der Waals surface area contributed by atoms with Crippen LogP contribution in [0.3, 0.4) is 0 Å². The maximum atomic E-state index is 8.48. The first-order valence-corrected chi connectivity index (χ1v) is 3.74. The fourth-order valence-corrected chi connectivity index (χ4v) is 1.000. The number of rotatable bonds is 2. The minimum absolute atomic E-state index is 0. The summed E-state index contributed by atoms with van der Waals surface area (Å²) in [6, 6.07) is 9.32. The van der Waals surface area contributed by atoms with Gasteiger partial charge in [-0.2, -0.15) is 0 Å². The molecule has 0 heterocycles. The monoisotopic (exact) mass is 187 g/mol. The van der Waals surface area contributed by atoms with E-state index < -0.39 is 0 Å². The predicted molar refractivity (Wildman–Crippen MR) is 49.1 cm³/mol. The zero-order chi connectivity index (χ0) is 8.10. The molecule has 1 rings (SSSR count). The largest absolute Gasteiger partial charge is 0.412 e. The Hall–Kier alpha value is -1.06. The van der Waals surface area contributed by atoms with Crippen LogP contribution in [-0.4, -0.2) is 22.3 Å². The summed E-state index contributed by atoms with van der Waals surface area (Å²) in [5.41, 5.74) is 1.34. The molecule has 1 aromatic rings. The first-order chi connectivity index (χ1) is 5.38. The average molecular weight is 188 g/mol. The lowest BCUT2D eigenvalue weighted by Gasteiger charge is -1.97. The molecule has 0 fully saturated rings. The lowest BCUT2D eigenvalue weighted by atomic mass is 10.1. The molecule has 4 heteroatoms. The van der Waals surface area contributed by atoms with Gasteiger partial charge in [0.2, 0.25) is 0 Å². The van der Waals surface area contributed by atoms with Crippen molar-refractivity contribution >= 4 is 17.3 Å². The van der Waals surface area contributed by atoms with Gasteiger partial charge < -0.3 is 10.7 Å². The molecule has 12 heavy (non-hydrogen) atoms. The molecule has 0 aromatic heterocycles. The molecule has 0 aliphatic carbocycles. The topological polar surface area (TPSA) is 64.1 Å². The summed E-state index contributed by atoms with van der Waals surface area (Å²) in [4.78, 5) is 0. The molecule has 0 bridgehead atoms. The van der Waals surface area contributed by atoms with E-state index >= 15 is 0 Å². The van der Waals surface area contributed by atoms with E-state index in [0.717, 1.165) is 5.56 Å². The molecule has 3 N–H and O–H groups in total. The first kappa shape index (κ1) is 10.9. The third-order valence-corrected chi connectivity index (χ3v) is 1.61. The van der Waals surface area contributed by atoms with E-state index in [2.05, 4.69) is 5.16 Å². The second-order valence-electron chi connectivity index (χ2n) is 2.05. The van der Waals surface area contributed by atoms with E-state index in [4.69, 9.17) is 16.8 Å². The Morgan fingerprint density at radius 3 is 2.33 bits per heavy atom. The zero-order valence-electron chi connectivity index (χ0n) is 6.37. The minimum Gasteiger partial charge on any atom is -0.412 e. The smallest absolute Gasteiger partial charge is 0.101 e. The van der Waals surface area contributed by atoms with Gasteiger partial charge >= 0.3 is 0 Å². The molecule has 0 amide bonds. The quantitative estimate of drug-likeness (QED) is 0.322. The maximum absolute atomic E-state index is 8.48. The fourth-order valence-electron chi connectivity index (χ4n) is 0.792.